The third-order valence-electron chi connectivity index (χ3n) is 3.97. The molecule has 2 aromatic heterocycles. The number of aryl methyl sites for hydroxylation is 2. The highest BCUT2D eigenvalue weighted by atomic mass is 32.1. The van der Waals surface area contributed by atoms with Crippen molar-refractivity contribution in [2.75, 3.05) is 11.9 Å². The number of ether oxygens (including phenoxy) is 1. The van der Waals surface area contributed by atoms with Crippen LogP contribution in [0.15, 0.2) is 53.7 Å². The van der Waals surface area contributed by atoms with Gasteiger partial charge in [-0.3, -0.25) is 10.1 Å². The molecule has 7 heteroatoms. The highest BCUT2D eigenvalue weighted by molar-refractivity contribution is 7.13. The molecular formula is C21H20N4O2S. The smallest absolute Gasteiger partial charge is 0.268 e. The quantitative estimate of drug-likeness (QED) is 0.483. The molecule has 0 aliphatic carbocycles. The van der Waals surface area contributed by atoms with Crippen LogP contribution in [0.1, 0.15) is 16.8 Å². The summed E-state index contributed by atoms with van der Waals surface area (Å²) in [7, 11) is 0. The number of amides is 1. The lowest BCUT2D eigenvalue weighted by molar-refractivity contribution is -0.112. The van der Waals surface area contributed by atoms with E-state index < -0.39 is 5.91 Å². The third kappa shape index (κ3) is 5.09. The SMILES string of the molecule is Cc1cc(C)cc(OCCn2cccc2/C=C(/C#N)C(=O)Nc2nccs2)c1. The minimum Gasteiger partial charge on any atom is -0.492 e. The zero-order valence-electron chi connectivity index (χ0n) is 15.7. The van der Waals surface area contributed by atoms with E-state index in [1.165, 1.54) is 11.3 Å². The number of rotatable bonds is 7. The van der Waals surface area contributed by atoms with Gasteiger partial charge in [0.1, 0.15) is 24.0 Å². The van der Waals surface area contributed by atoms with Crippen LogP contribution in [-0.4, -0.2) is 22.1 Å². The summed E-state index contributed by atoms with van der Waals surface area (Å²) in [6, 6.07) is 11.8. The number of carbonyl (C=O) groups is 1. The number of nitriles is 1. The number of anilines is 1. The summed E-state index contributed by atoms with van der Waals surface area (Å²) < 4.78 is 7.79. The van der Waals surface area contributed by atoms with Gasteiger partial charge in [0.15, 0.2) is 5.13 Å². The first-order valence-corrected chi connectivity index (χ1v) is 9.62. The lowest BCUT2D eigenvalue weighted by atomic mass is 10.1. The lowest BCUT2D eigenvalue weighted by Crippen LogP contribution is -2.14. The maximum absolute atomic E-state index is 12.3. The molecule has 0 spiro atoms. The second-order valence-corrected chi connectivity index (χ2v) is 7.15. The maximum Gasteiger partial charge on any atom is 0.268 e. The zero-order valence-corrected chi connectivity index (χ0v) is 16.5. The lowest BCUT2D eigenvalue weighted by Gasteiger charge is -2.10. The van der Waals surface area contributed by atoms with Crippen molar-refractivity contribution in [3.05, 3.63) is 70.5 Å². The molecule has 0 aliphatic rings. The fourth-order valence-corrected chi connectivity index (χ4v) is 3.31. The molecule has 142 valence electrons. The summed E-state index contributed by atoms with van der Waals surface area (Å²) in [6.07, 6.45) is 5.06. The molecule has 3 rings (SSSR count). The van der Waals surface area contributed by atoms with Crippen molar-refractivity contribution in [1.82, 2.24) is 9.55 Å². The van der Waals surface area contributed by atoms with E-state index in [1.54, 1.807) is 17.7 Å². The predicted molar refractivity (Wildman–Crippen MR) is 110 cm³/mol. The molecule has 28 heavy (non-hydrogen) atoms. The molecule has 0 unspecified atom stereocenters. The van der Waals surface area contributed by atoms with Crippen molar-refractivity contribution < 1.29 is 9.53 Å². The van der Waals surface area contributed by atoms with Crippen LogP contribution in [0.4, 0.5) is 5.13 Å². The van der Waals surface area contributed by atoms with Crippen LogP contribution in [0.2, 0.25) is 0 Å². The summed E-state index contributed by atoms with van der Waals surface area (Å²) in [4.78, 5) is 16.3. The number of nitrogens with one attached hydrogen (secondary N) is 1. The standard InChI is InChI=1S/C21H20N4O2S/c1-15-10-16(2)12-19(11-15)27-8-7-25-6-3-4-18(25)13-17(14-22)20(26)24-21-23-5-9-28-21/h3-6,9-13H,7-8H2,1-2H3,(H,23,24,26)/b17-13-. The maximum atomic E-state index is 12.3. The normalized spacial score (nSPS) is 11.1. The van der Waals surface area contributed by atoms with Gasteiger partial charge >= 0.3 is 0 Å². The Balaban J connectivity index is 1.65. The Kier molecular flexibility index (Phi) is 6.25. The first-order chi connectivity index (χ1) is 13.5. The highest BCUT2D eigenvalue weighted by Gasteiger charge is 2.12. The van der Waals surface area contributed by atoms with Gasteiger partial charge in [0.25, 0.3) is 5.91 Å². The zero-order chi connectivity index (χ0) is 19.9. The molecule has 2 heterocycles. The molecule has 6 nitrogen and oxygen atoms in total. The molecule has 1 N–H and O–H groups in total. The van der Waals surface area contributed by atoms with Crippen molar-refractivity contribution in [3.63, 3.8) is 0 Å². The van der Waals surface area contributed by atoms with Gasteiger partial charge in [-0.05, 0) is 55.3 Å². The second kappa shape index (κ2) is 9.02. The van der Waals surface area contributed by atoms with E-state index in [4.69, 9.17) is 4.74 Å². The van der Waals surface area contributed by atoms with Gasteiger partial charge in [-0.25, -0.2) is 4.98 Å². The third-order valence-corrected chi connectivity index (χ3v) is 4.66. The Bertz CT molecular complexity index is 1010. The van der Waals surface area contributed by atoms with E-state index in [9.17, 15) is 10.1 Å². The van der Waals surface area contributed by atoms with Crippen LogP contribution in [0, 0.1) is 25.2 Å². The van der Waals surface area contributed by atoms with Gasteiger partial charge in [0.2, 0.25) is 0 Å². The molecular weight excluding hydrogens is 372 g/mol. The summed E-state index contributed by atoms with van der Waals surface area (Å²) in [5.41, 5.74) is 3.09. The van der Waals surface area contributed by atoms with Crippen molar-refractivity contribution in [2.24, 2.45) is 0 Å². The molecule has 0 radical (unpaired) electrons. The van der Waals surface area contributed by atoms with Gasteiger partial charge in [-0.1, -0.05) is 6.07 Å². The largest absolute Gasteiger partial charge is 0.492 e. The fourth-order valence-electron chi connectivity index (χ4n) is 2.79. The monoisotopic (exact) mass is 392 g/mol. The molecule has 0 saturated carbocycles. The number of hydrogen-bond acceptors (Lipinski definition) is 5. The molecule has 0 bridgehead atoms. The summed E-state index contributed by atoms with van der Waals surface area (Å²) in [5, 5.41) is 14.2. The minimum atomic E-state index is -0.475. The van der Waals surface area contributed by atoms with E-state index in [2.05, 4.69) is 16.4 Å². The molecule has 1 aromatic carbocycles. The van der Waals surface area contributed by atoms with Crippen molar-refractivity contribution in [3.8, 4) is 11.8 Å². The summed E-state index contributed by atoms with van der Waals surface area (Å²) >= 11 is 1.30. The van der Waals surface area contributed by atoms with E-state index in [0.717, 1.165) is 22.6 Å². The molecule has 0 atom stereocenters. The Morgan fingerprint density at radius 2 is 2.14 bits per heavy atom. The average Bonchev–Trinajstić information content (AvgIpc) is 3.30. The predicted octanol–water partition coefficient (Wildman–Crippen LogP) is 4.19. The van der Waals surface area contributed by atoms with Crippen LogP contribution in [-0.2, 0) is 11.3 Å². The van der Waals surface area contributed by atoms with Gasteiger partial charge in [-0.15, -0.1) is 11.3 Å². The molecule has 0 fully saturated rings. The fraction of sp³-hybridized carbons (Fsp3) is 0.190. The van der Waals surface area contributed by atoms with Crippen molar-refractivity contribution in [1.29, 1.82) is 5.26 Å². The van der Waals surface area contributed by atoms with Crippen molar-refractivity contribution >= 4 is 28.5 Å². The van der Waals surface area contributed by atoms with Crippen LogP contribution in [0.5, 0.6) is 5.75 Å². The van der Waals surface area contributed by atoms with E-state index in [-0.39, 0.29) is 5.57 Å². The Morgan fingerprint density at radius 1 is 1.36 bits per heavy atom. The van der Waals surface area contributed by atoms with Gasteiger partial charge in [0, 0.05) is 23.5 Å². The van der Waals surface area contributed by atoms with E-state index >= 15 is 0 Å². The van der Waals surface area contributed by atoms with Crippen LogP contribution >= 0.6 is 11.3 Å². The number of aromatic nitrogens is 2. The Morgan fingerprint density at radius 3 is 2.82 bits per heavy atom. The van der Waals surface area contributed by atoms with E-state index in [0.29, 0.717) is 18.3 Å². The number of benzene rings is 1. The van der Waals surface area contributed by atoms with Crippen LogP contribution < -0.4 is 10.1 Å². The van der Waals surface area contributed by atoms with Gasteiger partial charge in [-0.2, -0.15) is 5.26 Å². The summed E-state index contributed by atoms with van der Waals surface area (Å²) in [6.45, 7) is 5.15. The van der Waals surface area contributed by atoms with Gasteiger partial charge in [0.05, 0.1) is 6.54 Å². The number of hydrogen-bond donors (Lipinski definition) is 1. The first kappa shape index (κ1) is 19.4. The summed E-state index contributed by atoms with van der Waals surface area (Å²) in [5.74, 6) is 0.360. The Labute approximate surface area is 167 Å². The topological polar surface area (TPSA) is 79.9 Å². The molecule has 1 amide bonds. The van der Waals surface area contributed by atoms with Crippen molar-refractivity contribution in [2.45, 2.75) is 20.4 Å². The molecule has 3 aromatic rings. The number of thiazole rings is 1. The van der Waals surface area contributed by atoms with Crippen LogP contribution in [0.25, 0.3) is 6.08 Å². The Hall–Kier alpha value is -3.37. The minimum absolute atomic E-state index is 0.0189. The highest BCUT2D eigenvalue weighted by Crippen LogP contribution is 2.17. The average molecular weight is 392 g/mol. The number of carbonyl (C=O) groups excluding carboxylic acids is 1. The van der Waals surface area contributed by atoms with Crippen LogP contribution in [0.3, 0.4) is 0 Å². The van der Waals surface area contributed by atoms with Gasteiger partial charge < -0.3 is 9.30 Å². The molecule has 0 saturated heterocycles. The number of nitrogens with zero attached hydrogens (tertiary/aromatic N) is 3. The first-order valence-electron chi connectivity index (χ1n) is 8.74. The molecule has 0 aliphatic heterocycles. The second-order valence-electron chi connectivity index (χ2n) is 6.26. The van der Waals surface area contributed by atoms with E-state index in [1.807, 2.05) is 54.9 Å².